The maximum absolute atomic E-state index is 12.7. The number of hydrogen-bond acceptors (Lipinski definition) is 6. The molecule has 0 aliphatic heterocycles. The molecule has 3 rings (SSSR count). The highest BCUT2D eigenvalue weighted by molar-refractivity contribution is 7.78. The molecule has 0 bridgehead atoms. The van der Waals surface area contributed by atoms with Crippen LogP contribution in [0.5, 0.6) is 5.75 Å². The number of carbonyl (C=O) groups excluding carboxylic acids is 2. The Balaban J connectivity index is 1.87. The molecule has 176 valence electrons. The molecule has 2 N–H and O–H groups in total. The van der Waals surface area contributed by atoms with Gasteiger partial charge in [0.15, 0.2) is 0 Å². The van der Waals surface area contributed by atoms with Gasteiger partial charge in [-0.25, -0.2) is 0 Å². The third-order valence-electron chi connectivity index (χ3n) is 4.35. The lowest BCUT2D eigenvalue weighted by atomic mass is 10.0. The molecule has 15 heteroatoms. The molecular formula is C18H13Cl3F3N5O3S. The van der Waals surface area contributed by atoms with Crippen molar-refractivity contribution < 1.29 is 27.5 Å². The summed E-state index contributed by atoms with van der Waals surface area (Å²) >= 11 is 22.0. The molecule has 0 spiro atoms. The molecule has 0 saturated heterocycles. The van der Waals surface area contributed by atoms with Gasteiger partial charge in [0.25, 0.3) is 11.8 Å². The molecule has 1 heterocycles. The highest BCUT2D eigenvalue weighted by Crippen LogP contribution is 2.34. The van der Waals surface area contributed by atoms with Gasteiger partial charge in [-0.05, 0) is 37.3 Å². The molecule has 33 heavy (non-hydrogen) atoms. The fourth-order valence-corrected chi connectivity index (χ4v) is 3.71. The SMILES string of the molecule is CC(Cn1nc2c(Cl)cc(Cl)c(Cl)c2n1)(NC(=O)c1ccc(OC(F)(F)F)cc1)C(=O)NS. The van der Waals surface area contributed by atoms with Crippen molar-refractivity contribution in [2.75, 3.05) is 0 Å². The molecule has 0 saturated carbocycles. The first-order valence-electron chi connectivity index (χ1n) is 8.84. The zero-order chi connectivity index (χ0) is 24.6. The Morgan fingerprint density at radius 2 is 1.70 bits per heavy atom. The van der Waals surface area contributed by atoms with Crippen molar-refractivity contribution in [3.63, 3.8) is 0 Å². The number of aromatic nitrogens is 3. The lowest BCUT2D eigenvalue weighted by Gasteiger charge is -2.28. The summed E-state index contributed by atoms with van der Waals surface area (Å²) < 4.78 is 42.9. The lowest BCUT2D eigenvalue weighted by Crippen LogP contribution is -2.58. The smallest absolute Gasteiger partial charge is 0.406 e. The van der Waals surface area contributed by atoms with Gasteiger partial charge in [-0.1, -0.05) is 47.6 Å². The summed E-state index contributed by atoms with van der Waals surface area (Å²) in [6, 6.07) is 5.54. The molecule has 1 aromatic heterocycles. The second-order valence-electron chi connectivity index (χ2n) is 6.88. The number of rotatable bonds is 6. The van der Waals surface area contributed by atoms with Crippen LogP contribution in [0.25, 0.3) is 11.0 Å². The molecule has 2 amide bonds. The largest absolute Gasteiger partial charge is 0.573 e. The van der Waals surface area contributed by atoms with E-state index in [-0.39, 0.29) is 38.2 Å². The minimum Gasteiger partial charge on any atom is -0.406 e. The van der Waals surface area contributed by atoms with Crippen LogP contribution < -0.4 is 14.8 Å². The standard InChI is InChI=1S/C18H13Cl3F3N5O3S/c1-17(16(31)28-33,7-29-26-13-11(20)6-10(19)12(21)14(13)27-29)25-15(30)8-2-4-9(5-3-8)32-18(22,23)24/h2-6,33H,7H2,1H3,(H,25,30)(H,28,31). The molecule has 1 unspecified atom stereocenters. The quantitative estimate of drug-likeness (QED) is 0.316. The number of nitrogens with one attached hydrogen (secondary N) is 2. The first kappa shape index (κ1) is 25.2. The fraction of sp³-hybridized carbons (Fsp3) is 0.222. The molecule has 1 atom stereocenters. The molecule has 2 aromatic carbocycles. The minimum atomic E-state index is -4.87. The van der Waals surface area contributed by atoms with E-state index in [9.17, 15) is 22.8 Å². The zero-order valence-electron chi connectivity index (χ0n) is 16.4. The molecular weight excluding hydrogens is 530 g/mol. The van der Waals surface area contributed by atoms with Crippen LogP contribution in [-0.2, 0) is 11.3 Å². The monoisotopic (exact) mass is 541 g/mol. The van der Waals surface area contributed by atoms with Gasteiger partial charge < -0.3 is 14.8 Å². The van der Waals surface area contributed by atoms with Crippen LogP contribution in [0.2, 0.25) is 15.1 Å². The number of hydrogen-bond donors (Lipinski definition) is 3. The summed E-state index contributed by atoms with van der Waals surface area (Å²) in [6.45, 7) is 1.10. The Morgan fingerprint density at radius 3 is 2.27 bits per heavy atom. The van der Waals surface area contributed by atoms with E-state index in [4.69, 9.17) is 34.8 Å². The normalized spacial score (nSPS) is 13.5. The number of ether oxygens (including phenoxy) is 1. The fourth-order valence-electron chi connectivity index (χ4n) is 2.79. The Hall–Kier alpha value is -2.41. The lowest BCUT2D eigenvalue weighted by molar-refractivity contribution is -0.274. The second kappa shape index (κ2) is 9.45. The third-order valence-corrected chi connectivity index (χ3v) is 5.62. The average molecular weight is 543 g/mol. The van der Waals surface area contributed by atoms with Crippen LogP contribution in [0, 0.1) is 0 Å². The van der Waals surface area contributed by atoms with Gasteiger partial charge in [-0.15, -0.1) is 13.2 Å². The Labute approximate surface area is 204 Å². The van der Waals surface area contributed by atoms with Crippen LogP contribution in [0.3, 0.4) is 0 Å². The Morgan fingerprint density at radius 1 is 1.09 bits per heavy atom. The van der Waals surface area contributed by atoms with Crippen molar-refractivity contribution in [2.24, 2.45) is 0 Å². The van der Waals surface area contributed by atoms with E-state index in [0.717, 1.165) is 29.1 Å². The van der Waals surface area contributed by atoms with Crippen molar-refractivity contribution in [3.8, 4) is 5.75 Å². The predicted molar refractivity (Wildman–Crippen MR) is 119 cm³/mol. The van der Waals surface area contributed by atoms with Gasteiger partial charge in [0.05, 0.1) is 21.6 Å². The van der Waals surface area contributed by atoms with E-state index >= 15 is 0 Å². The number of fused-ring (bicyclic) bond motifs is 1. The van der Waals surface area contributed by atoms with Crippen LogP contribution >= 0.6 is 47.6 Å². The zero-order valence-corrected chi connectivity index (χ0v) is 19.5. The van der Waals surface area contributed by atoms with Gasteiger partial charge in [-0.2, -0.15) is 15.0 Å². The molecule has 0 aliphatic carbocycles. The number of thiol groups is 1. The summed E-state index contributed by atoms with van der Waals surface area (Å²) in [5.74, 6) is -1.98. The summed E-state index contributed by atoms with van der Waals surface area (Å²) in [7, 11) is 0. The van der Waals surface area contributed by atoms with E-state index < -0.39 is 29.5 Å². The molecule has 3 aromatic rings. The van der Waals surface area contributed by atoms with E-state index in [1.54, 1.807) is 0 Å². The summed E-state index contributed by atoms with van der Waals surface area (Å²) in [6.07, 6.45) is -4.87. The number of amides is 2. The first-order valence-corrected chi connectivity index (χ1v) is 10.4. The number of halogens is 6. The molecule has 0 fully saturated rings. The number of carbonyl (C=O) groups is 2. The van der Waals surface area contributed by atoms with Crippen molar-refractivity contribution >= 4 is 70.5 Å². The van der Waals surface area contributed by atoms with Gasteiger partial charge in [0.1, 0.15) is 22.3 Å². The average Bonchev–Trinajstić information content (AvgIpc) is 3.15. The number of benzene rings is 2. The van der Waals surface area contributed by atoms with Gasteiger partial charge in [0, 0.05) is 5.56 Å². The van der Waals surface area contributed by atoms with Gasteiger partial charge >= 0.3 is 6.36 Å². The summed E-state index contributed by atoms with van der Waals surface area (Å²) in [5, 5.41) is 11.3. The molecule has 0 radical (unpaired) electrons. The Bertz CT molecular complexity index is 1220. The summed E-state index contributed by atoms with van der Waals surface area (Å²) in [4.78, 5) is 26.3. The van der Waals surface area contributed by atoms with Crippen LogP contribution in [0.15, 0.2) is 30.3 Å². The van der Waals surface area contributed by atoms with Gasteiger partial charge in [0.2, 0.25) is 0 Å². The van der Waals surface area contributed by atoms with Crippen LogP contribution in [-0.4, -0.2) is 38.7 Å². The maximum atomic E-state index is 12.7. The first-order chi connectivity index (χ1) is 15.3. The van der Waals surface area contributed by atoms with Crippen molar-refractivity contribution in [1.82, 2.24) is 25.0 Å². The topological polar surface area (TPSA) is 98.1 Å². The van der Waals surface area contributed by atoms with E-state index in [1.807, 2.05) is 0 Å². The molecule has 0 aliphatic rings. The number of nitrogens with zero attached hydrogens (tertiary/aromatic N) is 3. The minimum absolute atomic E-state index is 0.0285. The maximum Gasteiger partial charge on any atom is 0.573 e. The highest BCUT2D eigenvalue weighted by Gasteiger charge is 2.37. The number of alkyl halides is 3. The van der Waals surface area contributed by atoms with Crippen molar-refractivity contribution in [1.29, 1.82) is 0 Å². The van der Waals surface area contributed by atoms with E-state index in [0.29, 0.717) is 0 Å². The van der Waals surface area contributed by atoms with Gasteiger partial charge in [-0.3, -0.25) is 9.59 Å². The third kappa shape index (κ3) is 5.75. The van der Waals surface area contributed by atoms with Crippen molar-refractivity contribution in [2.45, 2.75) is 25.4 Å². The highest BCUT2D eigenvalue weighted by atomic mass is 35.5. The molecule has 8 nitrogen and oxygen atoms in total. The van der Waals surface area contributed by atoms with Crippen LogP contribution in [0.4, 0.5) is 13.2 Å². The Kier molecular flexibility index (Phi) is 7.22. The van der Waals surface area contributed by atoms with Crippen LogP contribution in [0.1, 0.15) is 17.3 Å². The van der Waals surface area contributed by atoms with E-state index in [1.165, 1.54) is 13.0 Å². The second-order valence-corrected chi connectivity index (χ2v) is 8.30. The van der Waals surface area contributed by atoms with E-state index in [2.05, 4.69) is 37.8 Å². The van der Waals surface area contributed by atoms with Crippen molar-refractivity contribution in [3.05, 3.63) is 51.0 Å². The predicted octanol–water partition coefficient (Wildman–Crippen LogP) is 4.44. The summed E-state index contributed by atoms with van der Waals surface area (Å²) in [5.41, 5.74) is -1.25.